The van der Waals surface area contributed by atoms with Crippen molar-refractivity contribution in [3.63, 3.8) is 0 Å². The molecule has 0 radical (unpaired) electrons. The lowest BCUT2D eigenvalue weighted by atomic mass is 10.2. The van der Waals surface area contributed by atoms with E-state index in [1.807, 2.05) is 25.2 Å². The maximum absolute atomic E-state index is 12.8. The molecule has 2 aliphatic rings. The molecule has 2 aliphatic heterocycles. The zero-order valence-electron chi connectivity index (χ0n) is 18.0. The van der Waals surface area contributed by atoms with Crippen molar-refractivity contribution >= 4 is 27.7 Å². The molecule has 8 nitrogen and oxygen atoms in total. The summed E-state index contributed by atoms with van der Waals surface area (Å²) in [6, 6.07) is 11.8. The van der Waals surface area contributed by atoms with Gasteiger partial charge >= 0.3 is 0 Å². The van der Waals surface area contributed by atoms with E-state index in [9.17, 15) is 13.2 Å². The zero-order valence-corrected chi connectivity index (χ0v) is 18.8. The number of nitrogens with zero attached hydrogens (tertiary/aromatic N) is 2. The molecule has 0 aliphatic carbocycles. The molecule has 0 saturated carbocycles. The van der Waals surface area contributed by atoms with Crippen LogP contribution < -0.4 is 14.8 Å². The van der Waals surface area contributed by atoms with Crippen LogP contribution in [-0.4, -0.2) is 70.0 Å². The predicted octanol–water partition coefficient (Wildman–Crippen LogP) is 2.44. The standard InChI is InChI=1S/C23H27N3O5S/c1-25-11-13-26(14-12-25)32(28,29)20-7-5-19(6-8-20)24-23(27)10-4-18-3-9-21-22(17-18)31-16-2-15-30-21/h3-10,17H,2,11-16H2,1H3,(H,24,27)/b10-4+. The number of rotatable bonds is 5. The number of likely N-dealkylation sites (N-methyl/N-ethyl adjacent to an activating group) is 1. The van der Waals surface area contributed by atoms with Gasteiger partial charge in [0.2, 0.25) is 15.9 Å². The summed E-state index contributed by atoms with van der Waals surface area (Å²) < 4.78 is 38.4. The van der Waals surface area contributed by atoms with Gasteiger partial charge in [0.15, 0.2) is 11.5 Å². The van der Waals surface area contributed by atoms with E-state index in [1.165, 1.54) is 22.5 Å². The number of carbonyl (C=O) groups excluding carboxylic acids is 1. The minimum Gasteiger partial charge on any atom is -0.490 e. The first kappa shape index (κ1) is 22.3. The number of hydrogen-bond donors (Lipinski definition) is 1. The number of hydrogen-bond acceptors (Lipinski definition) is 6. The van der Waals surface area contributed by atoms with Gasteiger partial charge in [-0.25, -0.2) is 8.42 Å². The average Bonchev–Trinajstić information content (AvgIpc) is 3.03. The first-order valence-corrected chi connectivity index (χ1v) is 12.0. The molecule has 0 atom stereocenters. The maximum Gasteiger partial charge on any atom is 0.248 e. The highest BCUT2D eigenvalue weighted by Gasteiger charge is 2.27. The molecule has 0 unspecified atom stereocenters. The number of benzene rings is 2. The van der Waals surface area contributed by atoms with Gasteiger partial charge in [-0.3, -0.25) is 4.79 Å². The van der Waals surface area contributed by atoms with Gasteiger partial charge in [-0.2, -0.15) is 4.31 Å². The van der Waals surface area contributed by atoms with Crippen molar-refractivity contribution < 1.29 is 22.7 Å². The fourth-order valence-corrected chi connectivity index (χ4v) is 4.95. The van der Waals surface area contributed by atoms with Crippen LogP contribution in [0.2, 0.25) is 0 Å². The third-order valence-electron chi connectivity index (χ3n) is 5.42. The second-order valence-electron chi connectivity index (χ2n) is 7.81. The van der Waals surface area contributed by atoms with E-state index in [4.69, 9.17) is 9.47 Å². The smallest absolute Gasteiger partial charge is 0.248 e. The number of anilines is 1. The fourth-order valence-electron chi connectivity index (χ4n) is 3.53. The molecule has 4 rings (SSSR count). The molecular weight excluding hydrogens is 430 g/mol. The van der Waals surface area contributed by atoms with Crippen LogP contribution in [0.1, 0.15) is 12.0 Å². The van der Waals surface area contributed by atoms with E-state index in [0.717, 1.165) is 12.0 Å². The molecule has 0 bridgehead atoms. The largest absolute Gasteiger partial charge is 0.490 e. The minimum absolute atomic E-state index is 0.225. The van der Waals surface area contributed by atoms with Crippen molar-refractivity contribution in [1.82, 2.24) is 9.21 Å². The van der Waals surface area contributed by atoms with Crippen molar-refractivity contribution in [1.29, 1.82) is 0 Å². The van der Waals surface area contributed by atoms with Crippen molar-refractivity contribution in [2.75, 3.05) is 51.8 Å². The summed E-state index contributed by atoms with van der Waals surface area (Å²) >= 11 is 0. The molecule has 1 saturated heterocycles. The second-order valence-corrected chi connectivity index (χ2v) is 9.75. The van der Waals surface area contributed by atoms with Gasteiger partial charge in [0, 0.05) is 44.4 Å². The highest BCUT2D eigenvalue weighted by Crippen LogP contribution is 2.30. The molecule has 1 fully saturated rings. The molecule has 1 amide bonds. The van der Waals surface area contributed by atoms with Gasteiger partial charge in [0.1, 0.15) is 0 Å². The molecule has 2 heterocycles. The van der Waals surface area contributed by atoms with Crippen LogP contribution >= 0.6 is 0 Å². The predicted molar refractivity (Wildman–Crippen MR) is 122 cm³/mol. The van der Waals surface area contributed by atoms with Crippen molar-refractivity contribution in [2.45, 2.75) is 11.3 Å². The molecule has 170 valence electrons. The van der Waals surface area contributed by atoms with Gasteiger partial charge in [-0.15, -0.1) is 0 Å². The monoisotopic (exact) mass is 457 g/mol. The number of carbonyl (C=O) groups is 1. The molecule has 9 heteroatoms. The van der Waals surface area contributed by atoms with Crippen LogP contribution in [0.15, 0.2) is 53.4 Å². The van der Waals surface area contributed by atoms with Crippen molar-refractivity contribution in [3.8, 4) is 11.5 Å². The third kappa shape index (κ3) is 5.29. The number of piperazine rings is 1. The first-order chi connectivity index (χ1) is 15.4. The van der Waals surface area contributed by atoms with Crippen LogP contribution in [0.4, 0.5) is 5.69 Å². The summed E-state index contributed by atoms with van der Waals surface area (Å²) in [5.74, 6) is 1.06. The highest BCUT2D eigenvalue weighted by atomic mass is 32.2. The van der Waals surface area contributed by atoms with Gasteiger partial charge in [0.05, 0.1) is 18.1 Å². The molecule has 0 spiro atoms. The Kier molecular flexibility index (Phi) is 6.78. The average molecular weight is 458 g/mol. The Bertz CT molecular complexity index is 1090. The Labute approximate surface area is 188 Å². The molecule has 2 aromatic carbocycles. The molecule has 0 aromatic heterocycles. The van der Waals surface area contributed by atoms with E-state index < -0.39 is 10.0 Å². The Morgan fingerprint density at radius 2 is 1.66 bits per heavy atom. The number of sulfonamides is 1. The number of nitrogens with one attached hydrogen (secondary N) is 1. The normalized spacial score (nSPS) is 17.8. The second kappa shape index (κ2) is 9.72. The molecule has 2 aromatic rings. The lowest BCUT2D eigenvalue weighted by Gasteiger charge is -2.31. The molecule has 1 N–H and O–H groups in total. The topological polar surface area (TPSA) is 88.2 Å². The van der Waals surface area contributed by atoms with E-state index in [2.05, 4.69) is 10.2 Å². The Balaban J connectivity index is 1.37. The molecule has 32 heavy (non-hydrogen) atoms. The van der Waals surface area contributed by atoms with Crippen LogP contribution in [-0.2, 0) is 14.8 Å². The fraction of sp³-hybridized carbons (Fsp3) is 0.348. The Morgan fingerprint density at radius 1 is 0.969 bits per heavy atom. The third-order valence-corrected chi connectivity index (χ3v) is 7.33. The van der Waals surface area contributed by atoms with Gasteiger partial charge in [-0.1, -0.05) is 6.07 Å². The molecular formula is C23H27N3O5S. The van der Waals surface area contributed by atoms with E-state index in [0.29, 0.717) is 56.6 Å². The Hall–Kier alpha value is -2.88. The summed E-state index contributed by atoms with van der Waals surface area (Å²) in [6.45, 7) is 3.59. The van der Waals surface area contributed by atoms with Crippen molar-refractivity contribution in [2.24, 2.45) is 0 Å². The first-order valence-electron chi connectivity index (χ1n) is 10.6. The van der Waals surface area contributed by atoms with Gasteiger partial charge in [-0.05, 0) is 55.1 Å². The van der Waals surface area contributed by atoms with Crippen molar-refractivity contribution in [3.05, 3.63) is 54.1 Å². The SMILES string of the molecule is CN1CCN(S(=O)(=O)c2ccc(NC(=O)/C=C/c3ccc4c(c3)OCCCO4)cc2)CC1. The summed E-state index contributed by atoms with van der Waals surface area (Å²) in [5, 5.41) is 2.75. The zero-order chi connectivity index (χ0) is 22.6. The van der Waals surface area contributed by atoms with Gasteiger partial charge < -0.3 is 19.7 Å². The number of amides is 1. The lowest BCUT2D eigenvalue weighted by molar-refractivity contribution is -0.111. The summed E-state index contributed by atoms with van der Waals surface area (Å²) in [6.07, 6.45) is 3.95. The van der Waals surface area contributed by atoms with Gasteiger partial charge in [0.25, 0.3) is 0 Å². The lowest BCUT2D eigenvalue weighted by Crippen LogP contribution is -2.46. The summed E-state index contributed by atoms with van der Waals surface area (Å²) in [7, 11) is -1.55. The quantitative estimate of drug-likeness (QED) is 0.694. The van der Waals surface area contributed by atoms with Crippen LogP contribution in [0.3, 0.4) is 0 Å². The van der Waals surface area contributed by atoms with E-state index in [-0.39, 0.29) is 10.8 Å². The minimum atomic E-state index is -3.53. The van der Waals surface area contributed by atoms with E-state index in [1.54, 1.807) is 18.2 Å². The Morgan fingerprint density at radius 3 is 2.38 bits per heavy atom. The summed E-state index contributed by atoms with van der Waals surface area (Å²) in [5.41, 5.74) is 1.34. The highest BCUT2D eigenvalue weighted by molar-refractivity contribution is 7.89. The number of ether oxygens (including phenoxy) is 2. The van der Waals surface area contributed by atoms with E-state index >= 15 is 0 Å². The van der Waals surface area contributed by atoms with Crippen LogP contribution in [0.25, 0.3) is 6.08 Å². The summed E-state index contributed by atoms with van der Waals surface area (Å²) in [4.78, 5) is 14.6. The number of fused-ring (bicyclic) bond motifs is 1. The maximum atomic E-state index is 12.8. The van der Waals surface area contributed by atoms with Crippen LogP contribution in [0, 0.1) is 0 Å². The van der Waals surface area contributed by atoms with Crippen LogP contribution in [0.5, 0.6) is 11.5 Å².